The van der Waals surface area contributed by atoms with Gasteiger partial charge in [0.15, 0.2) is 0 Å². The van der Waals surface area contributed by atoms with Crippen molar-refractivity contribution in [3.8, 4) is 0 Å². The Balaban J connectivity index is 2.47. The molecule has 148 valence electrons. The van der Waals surface area contributed by atoms with Crippen molar-refractivity contribution in [1.82, 2.24) is 4.31 Å². The van der Waals surface area contributed by atoms with Gasteiger partial charge < -0.3 is 0 Å². The van der Waals surface area contributed by atoms with E-state index in [2.05, 4.69) is 4.72 Å². The quantitative estimate of drug-likeness (QED) is 0.721. The van der Waals surface area contributed by atoms with Crippen molar-refractivity contribution in [2.45, 2.75) is 30.6 Å². The molecule has 0 heterocycles. The maximum Gasteiger partial charge on any atom is 0.262 e. The lowest BCUT2D eigenvalue weighted by Crippen LogP contribution is -2.30. The topological polar surface area (TPSA) is 83.6 Å². The summed E-state index contributed by atoms with van der Waals surface area (Å²) in [5.41, 5.74) is 0.265. The molecule has 0 bridgehead atoms. The van der Waals surface area contributed by atoms with Gasteiger partial charge in [-0.05, 0) is 48.9 Å². The summed E-state index contributed by atoms with van der Waals surface area (Å²) in [5, 5.41) is -0.0113. The Morgan fingerprint density at radius 1 is 1.00 bits per heavy atom. The third kappa shape index (κ3) is 4.60. The number of aryl methyl sites for hydroxylation is 1. The maximum absolute atomic E-state index is 13.2. The Labute approximate surface area is 164 Å². The second-order valence-electron chi connectivity index (χ2n) is 5.75. The molecule has 0 aromatic heterocycles. The van der Waals surface area contributed by atoms with Crippen LogP contribution < -0.4 is 4.72 Å². The first-order valence-electron chi connectivity index (χ1n) is 8.11. The molecule has 0 atom stereocenters. The average Bonchev–Trinajstić information content (AvgIpc) is 2.56. The Hall–Kier alpha value is -1.68. The molecule has 0 aliphatic rings. The summed E-state index contributed by atoms with van der Waals surface area (Å²) in [7, 11) is -7.91. The molecule has 0 unspecified atom stereocenters. The van der Waals surface area contributed by atoms with Crippen LogP contribution in [0.2, 0.25) is 5.02 Å². The van der Waals surface area contributed by atoms with Crippen molar-refractivity contribution in [2.24, 2.45) is 0 Å². The van der Waals surface area contributed by atoms with E-state index in [1.165, 1.54) is 29.4 Å². The maximum atomic E-state index is 13.2. The number of sulfonamides is 2. The lowest BCUT2D eigenvalue weighted by atomic mass is 10.2. The highest BCUT2D eigenvalue weighted by atomic mass is 35.5. The number of nitrogens with zero attached hydrogens (tertiary/aromatic N) is 1. The molecule has 0 spiro atoms. The summed E-state index contributed by atoms with van der Waals surface area (Å²) in [6, 6.07) is 7.14. The second kappa shape index (κ2) is 8.14. The van der Waals surface area contributed by atoms with Gasteiger partial charge in [-0.3, -0.25) is 4.72 Å². The van der Waals surface area contributed by atoms with E-state index in [1.807, 2.05) is 0 Å². The van der Waals surface area contributed by atoms with Crippen molar-refractivity contribution in [2.75, 3.05) is 17.8 Å². The highest BCUT2D eigenvalue weighted by Crippen LogP contribution is 2.29. The number of nitrogens with one attached hydrogen (secondary N) is 1. The molecule has 0 amide bonds. The number of halogens is 2. The van der Waals surface area contributed by atoms with E-state index in [0.29, 0.717) is 0 Å². The van der Waals surface area contributed by atoms with Gasteiger partial charge in [-0.25, -0.2) is 21.2 Å². The van der Waals surface area contributed by atoms with E-state index >= 15 is 0 Å². The van der Waals surface area contributed by atoms with Gasteiger partial charge >= 0.3 is 0 Å². The fourth-order valence-electron chi connectivity index (χ4n) is 2.59. The SMILES string of the molecule is CCN(CC)S(=O)(=O)c1cc(NS(=O)(=O)c2ccc(F)cc2C)ccc1Cl. The van der Waals surface area contributed by atoms with Gasteiger partial charge in [0.1, 0.15) is 10.7 Å². The van der Waals surface area contributed by atoms with Crippen LogP contribution in [-0.2, 0) is 20.0 Å². The summed E-state index contributed by atoms with van der Waals surface area (Å²) < 4.78 is 67.4. The van der Waals surface area contributed by atoms with E-state index in [9.17, 15) is 21.2 Å². The lowest BCUT2D eigenvalue weighted by molar-refractivity contribution is 0.445. The number of hydrogen-bond donors (Lipinski definition) is 1. The molecule has 0 fully saturated rings. The van der Waals surface area contributed by atoms with Gasteiger partial charge in [0, 0.05) is 13.1 Å². The molecule has 0 saturated carbocycles. The Kier molecular flexibility index (Phi) is 6.51. The van der Waals surface area contributed by atoms with E-state index < -0.39 is 25.9 Å². The van der Waals surface area contributed by atoms with Crippen molar-refractivity contribution < 1.29 is 21.2 Å². The van der Waals surface area contributed by atoms with Gasteiger partial charge in [0.25, 0.3) is 10.0 Å². The minimum atomic E-state index is -4.04. The first kappa shape index (κ1) is 21.6. The highest BCUT2D eigenvalue weighted by Gasteiger charge is 2.26. The molecule has 2 aromatic carbocycles. The van der Waals surface area contributed by atoms with Gasteiger partial charge in [-0.15, -0.1) is 0 Å². The number of rotatable bonds is 7. The van der Waals surface area contributed by atoms with Crippen molar-refractivity contribution in [3.63, 3.8) is 0 Å². The Morgan fingerprint density at radius 2 is 1.63 bits per heavy atom. The van der Waals surface area contributed by atoms with Crippen LogP contribution in [0, 0.1) is 12.7 Å². The molecule has 0 radical (unpaired) electrons. The minimum absolute atomic E-state index is 0.0113. The molecule has 27 heavy (non-hydrogen) atoms. The van der Waals surface area contributed by atoms with Crippen LogP contribution in [0.1, 0.15) is 19.4 Å². The van der Waals surface area contributed by atoms with E-state index in [4.69, 9.17) is 11.6 Å². The number of benzene rings is 2. The fraction of sp³-hybridized carbons (Fsp3) is 0.294. The summed E-state index contributed by atoms with van der Waals surface area (Å²) in [6.45, 7) is 5.35. The van der Waals surface area contributed by atoms with Gasteiger partial charge in [-0.2, -0.15) is 4.31 Å². The van der Waals surface area contributed by atoms with Gasteiger partial charge in [-0.1, -0.05) is 25.4 Å². The van der Waals surface area contributed by atoms with Crippen LogP contribution in [0.3, 0.4) is 0 Å². The highest BCUT2D eigenvalue weighted by molar-refractivity contribution is 7.92. The number of hydrogen-bond acceptors (Lipinski definition) is 4. The third-order valence-electron chi connectivity index (χ3n) is 3.93. The summed E-state index contributed by atoms with van der Waals surface area (Å²) in [4.78, 5) is -0.295. The molecule has 6 nitrogen and oxygen atoms in total. The zero-order valence-electron chi connectivity index (χ0n) is 15.0. The fourth-order valence-corrected chi connectivity index (χ4v) is 5.83. The molecular weight excluding hydrogens is 415 g/mol. The van der Waals surface area contributed by atoms with Crippen molar-refractivity contribution >= 4 is 37.3 Å². The van der Waals surface area contributed by atoms with E-state index in [-0.39, 0.29) is 39.2 Å². The molecule has 0 saturated heterocycles. The molecular formula is C17H20ClFN2O4S2. The monoisotopic (exact) mass is 434 g/mol. The van der Waals surface area contributed by atoms with Crippen LogP contribution in [0.25, 0.3) is 0 Å². The minimum Gasteiger partial charge on any atom is -0.280 e. The molecule has 2 aromatic rings. The summed E-state index contributed by atoms with van der Waals surface area (Å²) >= 11 is 6.04. The van der Waals surface area contributed by atoms with Crippen LogP contribution in [0.5, 0.6) is 0 Å². The van der Waals surface area contributed by atoms with Gasteiger partial charge in [0.2, 0.25) is 10.0 Å². The van der Waals surface area contributed by atoms with Crippen LogP contribution >= 0.6 is 11.6 Å². The van der Waals surface area contributed by atoms with E-state index in [0.717, 1.165) is 18.2 Å². The third-order valence-corrected chi connectivity index (χ3v) is 8.01. The smallest absolute Gasteiger partial charge is 0.262 e. The van der Waals surface area contributed by atoms with Crippen LogP contribution in [0.15, 0.2) is 46.2 Å². The standard InChI is InChI=1S/C17H20ClFN2O4S2/c1-4-21(5-2)27(24,25)17-11-14(7-8-15(17)18)20-26(22,23)16-9-6-13(19)10-12(16)3/h6-11,20H,4-5H2,1-3H3. The Bertz CT molecular complexity index is 1050. The average molecular weight is 435 g/mol. The first-order valence-corrected chi connectivity index (χ1v) is 11.4. The lowest BCUT2D eigenvalue weighted by Gasteiger charge is -2.20. The van der Waals surface area contributed by atoms with Crippen LogP contribution in [0.4, 0.5) is 10.1 Å². The molecule has 0 aliphatic carbocycles. The predicted molar refractivity (Wildman–Crippen MR) is 104 cm³/mol. The molecule has 1 N–H and O–H groups in total. The zero-order chi connectivity index (χ0) is 20.4. The molecule has 2 rings (SSSR count). The van der Waals surface area contributed by atoms with Gasteiger partial charge in [0.05, 0.1) is 15.6 Å². The summed E-state index contributed by atoms with van der Waals surface area (Å²) in [5.74, 6) is -0.550. The molecule has 0 aliphatic heterocycles. The Morgan fingerprint density at radius 3 is 2.19 bits per heavy atom. The van der Waals surface area contributed by atoms with Crippen molar-refractivity contribution in [1.29, 1.82) is 0 Å². The number of anilines is 1. The zero-order valence-corrected chi connectivity index (χ0v) is 17.4. The first-order chi connectivity index (χ1) is 12.5. The van der Waals surface area contributed by atoms with Crippen molar-refractivity contribution in [3.05, 3.63) is 52.8 Å². The van der Waals surface area contributed by atoms with Crippen LogP contribution in [-0.4, -0.2) is 34.2 Å². The predicted octanol–water partition coefficient (Wildman–Crippen LogP) is 3.62. The molecule has 10 heteroatoms. The van der Waals surface area contributed by atoms with E-state index in [1.54, 1.807) is 13.8 Å². The largest absolute Gasteiger partial charge is 0.280 e. The second-order valence-corrected chi connectivity index (χ2v) is 9.71. The summed E-state index contributed by atoms with van der Waals surface area (Å²) in [6.07, 6.45) is 0. The normalized spacial score (nSPS) is 12.4.